The molecule has 27 heavy (non-hydrogen) atoms. The highest BCUT2D eigenvalue weighted by atomic mass is 19.4. The fourth-order valence-electron chi connectivity index (χ4n) is 3.41. The third-order valence-corrected chi connectivity index (χ3v) is 4.95. The van der Waals surface area contributed by atoms with Gasteiger partial charge in [0.25, 0.3) is 5.60 Å². The van der Waals surface area contributed by atoms with Crippen molar-refractivity contribution in [1.29, 1.82) is 0 Å². The molecule has 0 atom stereocenters. The summed E-state index contributed by atoms with van der Waals surface area (Å²) in [4.78, 5) is 14.0. The van der Waals surface area contributed by atoms with E-state index in [0.717, 1.165) is 44.2 Å². The maximum absolute atomic E-state index is 12.9. The van der Waals surface area contributed by atoms with Crippen LogP contribution in [0.5, 0.6) is 0 Å². The van der Waals surface area contributed by atoms with E-state index in [1.807, 2.05) is 0 Å². The van der Waals surface area contributed by atoms with Gasteiger partial charge in [-0.15, -0.1) is 0 Å². The van der Waals surface area contributed by atoms with Gasteiger partial charge in [0.05, 0.1) is 0 Å². The van der Waals surface area contributed by atoms with Gasteiger partial charge in [0, 0.05) is 23.7 Å². The van der Waals surface area contributed by atoms with E-state index in [1.165, 1.54) is 4.90 Å². The van der Waals surface area contributed by atoms with Crippen molar-refractivity contribution in [3.63, 3.8) is 0 Å². The second-order valence-electron chi connectivity index (χ2n) is 6.67. The molecule has 9 heteroatoms. The van der Waals surface area contributed by atoms with Gasteiger partial charge in [-0.1, -0.05) is 31.4 Å². The summed E-state index contributed by atoms with van der Waals surface area (Å²) in [5, 5.41) is 9.42. The summed E-state index contributed by atoms with van der Waals surface area (Å²) < 4.78 is 77.7. The molecule has 1 fully saturated rings. The number of carbonyl (C=O) groups excluding carboxylic acids is 1. The smallest absolute Gasteiger partial charge is 0.369 e. The summed E-state index contributed by atoms with van der Waals surface area (Å²) >= 11 is 0. The summed E-state index contributed by atoms with van der Waals surface area (Å²) in [6.45, 7) is 1.91. The first-order valence-electron chi connectivity index (χ1n) is 8.71. The third-order valence-electron chi connectivity index (χ3n) is 4.95. The van der Waals surface area contributed by atoms with Gasteiger partial charge in [0.15, 0.2) is 0 Å². The topological polar surface area (TPSA) is 40.5 Å². The van der Waals surface area contributed by atoms with E-state index in [0.29, 0.717) is 12.1 Å². The average Bonchev–Trinajstić information content (AvgIpc) is 2.61. The largest absolute Gasteiger partial charge is 0.430 e. The molecular formula is C18H21F6NO2. The summed E-state index contributed by atoms with van der Waals surface area (Å²) in [5.41, 5.74) is -6.11. The van der Waals surface area contributed by atoms with Crippen molar-refractivity contribution in [1.82, 2.24) is 0 Å². The SMILES string of the molecule is CCN(C(=O)C1CCCCC1)c1ccc(C(O)(C(F)(F)F)C(F)(F)F)cc1. The molecule has 1 aromatic rings. The Labute approximate surface area is 153 Å². The number of carbonyl (C=O) groups is 1. The van der Waals surface area contributed by atoms with Crippen LogP contribution in [0, 0.1) is 5.92 Å². The Hall–Kier alpha value is -1.77. The zero-order valence-corrected chi connectivity index (χ0v) is 14.7. The number of anilines is 1. The number of halogens is 6. The monoisotopic (exact) mass is 397 g/mol. The van der Waals surface area contributed by atoms with Crippen molar-refractivity contribution < 1.29 is 36.2 Å². The fraction of sp³-hybridized carbons (Fsp3) is 0.611. The lowest BCUT2D eigenvalue weighted by Crippen LogP contribution is -2.53. The van der Waals surface area contributed by atoms with E-state index in [2.05, 4.69) is 0 Å². The summed E-state index contributed by atoms with van der Waals surface area (Å²) in [7, 11) is 0. The van der Waals surface area contributed by atoms with Crippen LogP contribution in [0.1, 0.15) is 44.6 Å². The van der Waals surface area contributed by atoms with E-state index in [-0.39, 0.29) is 24.1 Å². The van der Waals surface area contributed by atoms with Crippen molar-refractivity contribution in [3.05, 3.63) is 29.8 Å². The molecule has 1 saturated carbocycles. The Bertz CT molecular complexity index is 633. The summed E-state index contributed by atoms with van der Waals surface area (Å²) in [6.07, 6.45) is -7.57. The Morgan fingerprint density at radius 2 is 1.48 bits per heavy atom. The minimum Gasteiger partial charge on any atom is -0.369 e. The number of nitrogens with zero attached hydrogens (tertiary/aromatic N) is 1. The van der Waals surface area contributed by atoms with Gasteiger partial charge < -0.3 is 10.0 Å². The van der Waals surface area contributed by atoms with Crippen LogP contribution in [-0.2, 0) is 10.4 Å². The molecule has 0 bridgehead atoms. The molecule has 0 aliphatic heterocycles. The minimum atomic E-state index is -5.94. The lowest BCUT2D eigenvalue weighted by molar-refractivity contribution is -0.376. The molecule has 0 aromatic heterocycles. The van der Waals surface area contributed by atoms with Crippen molar-refractivity contribution in [3.8, 4) is 0 Å². The van der Waals surface area contributed by atoms with Gasteiger partial charge in [-0.25, -0.2) is 0 Å². The van der Waals surface area contributed by atoms with E-state index in [1.54, 1.807) is 6.92 Å². The number of rotatable bonds is 4. The Balaban J connectivity index is 2.33. The molecule has 0 radical (unpaired) electrons. The first-order valence-corrected chi connectivity index (χ1v) is 8.71. The van der Waals surface area contributed by atoms with Crippen molar-refractivity contribution >= 4 is 11.6 Å². The normalized spacial score (nSPS) is 17.0. The van der Waals surface area contributed by atoms with E-state index >= 15 is 0 Å². The molecule has 3 nitrogen and oxygen atoms in total. The second-order valence-corrected chi connectivity index (χ2v) is 6.67. The highest BCUT2D eigenvalue weighted by Crippen LogP contribution is 2.50. The van der Waals surface area contributed by atoms with Crippen molar-refractivity contribution in [2.75, 3.05) is 11.4 Å². The quantitative estimate of drug-likeness (QED) is 0.732. The maximum Gasteiger partial charge on any atom is 0.430 e. The van der Waals surface area contributed by atoms with Gasteiger partial charge in [-0.3, -0.25) is 4.79 Å². The van der Waals surface area contributed by atoms with Crippen LogP contribution in [0.25, 0.3) is 0 Å². The standard InChI is InChI=1S/C18H21F6NO2/c1-2-25(15(26)12-6-4-3-5-7-12)14-10-8-13(9-11-14)16(27,17(19,20)21)18(22,23)24/h8-12,27H,2-7H2,1H3. The van der Waals surface area contributed by atoms with Crippen molar-refractivity contribution in [2.45, 2.75) is 57.0 Å². The Morgan fingerprint density at radius 1 is 1.00 bits per heavy atom. The zero-order chi connectivity index (χ0) is 20.5. The molecule has 0 saturated heterocycles. The van der Waals surface area contributed by atoms with Crippen LogP contribution < -0.4 is 4.90 Å². The summed E-state index contributed by atoms with van der Waals surface area (Å²) in [6, 6.07) is 3.13. The van der Waals surface area contributed by atoms with Gasteiger partial charge >= 0.3 is 12.4 Å². The third kappa shape index (κ3) is 4.07. The molecular weight excluding hydrogens is 376 g/mol. The number of benzene rings is 1. The first-order chi connectivity index (χ1) is 12.4. The molecule has 1 N–H and O–H groups in total. The predicted molar refractivity (Wildman–Crippen MR) is 87.1 cm³/mol. The van der Waals surface area contributed by atoms with Gasteiger partial charge in [-0.2, -0.15) is 26.3 Å². The number of hydrogen-bond donors (Lipinski definition) is 1. The van der Waals surface area contributed by atoms with E-state index < -0.39 is 23.5 Å². The van der Waals surface area contributed by atoms with Crippen LogP contribution in [0.4, 0.5) is 32.0 Å². The second kappa shape index (κ2) is 7.69. The molecule has 1 amide bonds. The van der Waals surface area contributed by atoms with E-state index in [9.17, 15) is 36.2 Å². The lowest BCUT2D eigenvalue weighted by atomic mass is 9.88. The first kappa shape index (κ1) is 21.5. The van der Waals surface area contributed by atoms with Crippen LogP contribution in [0.15, 0.2) is 24.3 Å². The van der Waals surface area contributed by atoms with Crippen LogP contribution in [0.3, 0.4) is 0 Å². The maximum atomic E-state index is 12.9. The zero-order valence-electron chi connectivity index (χ0n) is 14.7. The lowest BCUT2D eigenvalue weighted by Gasteiger charge is -2.33. The predicted octanol–water partition coefficient (Wildman–Crippen LogP) is 4.93. The highest BCUT2D eigenvalue weighted by molar-refractivity contribution is 5.95. The average molecular weight is 397 g/mol. The van der Waals surface area contributed by atoms with Crippen LogP contribution >= 0.6 is 0 Å². The van der Waals surface area contributed by atoms with Crippen molar-refractivity contribution in [2.24, 2.45) is 5.92 Å². The van der Waals surface area contributed by atoms with E-state index in [4.69, 9.17) is 0 Å². The van der Waals surface area contributed by atoms with Crippen LogP contribution in [-0.4, -0.2) is 29.9 Å². The molecule has 1 aliphatic rings. The van der Waals surface area contributed by atoms with Gasteiger partial charge in [0.1, 0.15) is 0 Å². The summed E-state index contributed by atoms with van der Waals surface area (Å²) in [5.74, 6) is -0.382. The number of hydrogen-bond acceptors (Lipinski definition) is 2. The molecule has 0 heterocycles. The Morgan fingerprint density at radius 3 is 1.89 bits per heavy atom. The number of aliphatic hydroxyl groups is 1. The Kier molecular flexibility index (Phi) is 6.13. The molecule has 152 valence electrons. The highest BCUT2D eigenvalue weighted by Gasteiger charge is 2.71. The van der Waals surface area contributed by atoms with Gasteiger partial charge in [0.2, 0.25) is 5.91 Å². The minimum absolute atomic E-state index is 0.188. The molecule has 2 rings (SSSR count). The van der Waals surface area contributed by atoms with Gasteiger partial charge in [-0.05, 0) is 31.9 Å². The molecule has 1 aromatic carbocycles. The number of amides is 1. The molecule has 0 spiro atoms. The fourth-order valence-corrected chi connectivity index (χ4v) is 3.41. The molecule has 1 aliphatic carbocycles. The van der Waals surface area contributed by atoms with Crippen LogP contribution in [0.2, 0.25) is 0 Å². The molecule has 0 unspecified atom stereocenters. The number of alkyl halides is 6.